The van der Waals surface area contributed by atoms with Gasteiger partial charge in [-0.05, 0) is 40.5 Å². The molecule has 0 radical (unpaired) electrons. The molecule has 0 heterocycles. The number of fused-ring (bicyclic) bond motifs is 1. The maximum Gasteiger partial charge on any atom is 0.573 e. The molecule has 3 aromatic carbocycles. The molecule has 0 bridgehead atoms. The van der Waals surface area contributed by atoms with Gasteiger partial charge in [0, 0.05) is 17.4 Å². The molecule has 0 N–H and O–H groups in total. The highest BCUT2D eigenvalue weighted by Crippen LogP contribution is 2.45. The van der Waals surface area contributed by atoms with Crippen LogP contribution in [0, 0.1) is 0 Å². The Morgan fingerprint density at radius 1 is 0.938 bits per heavy atom. The Balaban J connectivity index is 1.70. The Morgan fingerprint density at radius 3 is 2.34 bits per heavy atom. The third-order valence-electron chi connectivity index (χ3n) is 6.01. The average Bonchev–Trinajstić information content (AvgIpc) is 2.77. The molecule has 0 spiro atoms. The first-order valence-corrected chi connectivity index (χ1v) is 10.7. The zero-order chi connectivity index (χ0) is 22.8. The molecule has 1 atom stereocenters. The van der Waals surface area contributed by atoms with Crippen LogP contribution >= 0.6 is 0 Å². The molecule has 1 aliphatic carbocycles. The Hall–Kier alpha value is -3.08. The maximum absolute atomic E-state index is 15.4. The number of hydrogen-bond donors (Lipinski definition) is 0. The first kappa shape index (κ1) is 22.1. The highest BCUT2D eigenvalue weighted by Gasteiger charge is 2.34. The van der Waals surface area contributed by atoms with Crippen LogP contribution in [0.1, 0.15) is 43.7 Å². The molecule has 32 heavy (non-hydrogen) atoms. The highest BCUT2D eigenvalue weighted by molar-refractivity contribution is 5.85. The summed E-state index contributed by atoms with van der Waals surface area (Å²) in [6, 6.07) is 19.4. The van der Waals surface area contributed by atoms with Crippen molar-refractivity contribution in [1.29, 1.82) is 0 Å². The van der Waals surface area contributed by atoms with Crippen molar-refractivity contribution in [1.82, 2.24) is 0 Å². The Labute approximate surface area is 185 Å². The molecule has 0 aromatic heterocycles. The second-order valence-corrected chi connectivity index (χ2v) is 8.23. The third kappa shape index (κ3) is 4.72. The Morgan fingerprint density at radius 2 is 1.66 bits per heavy atom. The van der Waals surface area contributed by atoms with Crippen LogP contribution in [-0.2, 0) is 5.41 Å². The minimum atomic E-state index is -4.73. The third-order valence-corrected chi connectivity index (χ3v) is 6.01. The van der Waals surface area contributed by atoms with Crippen molar-refractivity contribution in [3.63, 3.8) is 0 Å². The number of unbranched alkanes of at least 4 members (excludes halogenated alkanes) is 1. The molecule has 3 aromatic rings. The van der Waals surface area contributed by atoms with E-state index in [0.29, 0.717) is 11.0 Å². The van der Waals surface area contributed by atoms with Crippen molar-refractivity contribution in [2.24, 2.45) is 0 Å². The number of allylic oxidation sites excluding steroid dienone is 4. The predicted molar refractivity (Wildman–Crippen MR) is 120 cm³/mol. The summed E-state index contributed by atoms with van der Waals surface area (Å²) in [7, 11) is 0. The lowest BCUT2D eigenvalue weighted by Crippen LogP contribution is -2.26. The fraction of sp³-hybridized carbons (Fsp3) is 0.259. The lowest BCUT2D eigenvalue weighted by Gasteiger charge is -2.34. The van der Waals surface area contributed by atoms with E-state index in [1.54, 1.807) is 12.1 Å². The predicted octanol–water partition coefficient (Wildman–Crippen LogP) is 8.51. The molecule has 0 fully saturated rings. The van der Waals surface area contributed by atoms with Crippen molar-refractivity contribution in [2.45, 2.75) is 44.4 Å². The van der Waals surface area contributed by atoms with Crippen LogP contribution in [0.25, 0.3) is 16.3 Å². The van der Waals surface area contributed by atoms with Gasteiger partial charge < -0.3 is 4.74 Å². The number of rotatable bonds is 6. The van der Waals surface area contributed by atoms with Gasteiger partial charge in [-0.2, -0.15) is 0 Å². The van der Waals surface area contributed by atoms with Gasteiger partial charge in [0.05, 0.1) is 0 Å². The van der Waals surface area contributed by atoms with Gasteiger partial charge in [-0.15, -0.1) is 13.2 Å². The SMILES string of the molecule is CCCCC1(c2ccc3cc(OC(F)(F)F)ccc3c2)C=CC(c2ccccc2)=C(F)C1. The van der Waals surface area contributed by atoms with Gasteiger partial charge in [0.2, 0.25) is 0 Å². The second-order valence-electron chi connectivity index (χ2n) is 8.23. The molecule has 5 heteroatoms. The van der Waals surface area contributed by atoms with E-state index in [1.807, 2.05) is 48.5 Å². The summed E-state index contributed by atoms with van der Waals surface area (Å²) >= 11 is 0. The number of benzene rings is 3. The van der Waals surface area contributed by atoms with Gasteiger partial charge in [0.25, 0.3) is 0 Å². The van der Waals surface area contributed by atoms with E-state index < -0.39 is 11.8 Å². The van der Waals surface area contributed by atoms with E-state index in [-0.39, 0.29) is 18.0 Å². The van der Waals surface area contributed by atoms with E-state index in [0.717, 1.165) is 35.8 Å². The molecule has 0 aliphatic heterocycles. The second kappa shape index (κ2) is 8.81. The molecule has 1 nitrogen and oxygen atoms in total. The van der Waals surface area contributed by atoms with Crippen LogP contribution < -0.4 is 4.74 Å². The van der Waals surface area contributed by atoms with Gasteiger partial charge in [0.1, 0.15) is 11.6 Å². The zero-order valence-electron chi connectivity index (χ0n) is 17.8. The average molecular weight is 440 g/mol. The highest BCUT2D eigenvalue weighted by atomic mass is 19.4. The van der Waals surface area contributed by atoms with Gasteiger partial charge in [-0.3, -0.25) is 0 Å². The van der Waals surface area contributed by atoms with Crippen molar-refractivity contribution in [2.75, 3.05) is 0 Å². The number of hydrogen-bond acceptors (Lipinski definition) is 1. The van der Waals surface area contributed by atoms with Crippen LogP contribution in [0.4, 0.5) is 17.6 Å². The summed E-state index contributed by atoms with van der Waals surface area (Å²) in [4.78, 5) is 0. The first-order valence-electron chi connectivity index (χ1n) is 10.7. The number of ether oxygens (including phenoxy) is 1. The topological polar surface area (TPSA) is 9.23 Å². The van der Waals surface area contributed by atoms with Crippen molar-refractivity contribution in [3.8, 4) is 5.75 Å². The largest absolute Gasteiger partial charge is 0.573 e. The summed E-state index contributed by atoms with van der Waals surface area (Å²) in [5, 5.41) is 1.43. The zero-order valence-corrected chi connectivity index (χ0v) is 17.8. The molecule has 1 aliphatic rings. The lowest BCUT2D eigenvalue weighted by molar-refractivity contribution is -0.274. The lowest BCUT2D eigenvalue weighted by atomic mass is 9.70. The number of halogens is 4. The van der Waals surface area contributed by atoms with Crippen LogP contribution in [0.5, 0.6) is 5.75 Å². The smallest absolute Gasteiger partial charge is 0.406 e. The molecule has 0 saturated carbocycles. The van der Waals surface area contributed by atoms with Crippen molar-refractivity contribution >= 4 is 16.3 Å². The van der Waals surface area contributed by atoms with Gasteiger partial charge >= 0.3 is 6.36 Å². The van der Waals surface area contributed by atoms with E-state index in [4.69, 9.17) is 0 Å². The van der Waals surface area contributed by atoms with Gasteiger partial charge in [-0.25, -0.2) is 4.39 Å². The van der Waals surface area contributed by atoms with Crippen LogP contribution in [-0.4, -0.2) is 6.36 Å². The summed E-state index contributed by atoms with van der Waals surface area (Å²) in [5.41, 5.74) is 1.92. The molecular weight excluding hydrogens is 416 g/mol. The summed E-state index contributed by atoms with van der Waals surface area (Å²) < 4.78 is 57.0. The maximum atomic E-state index is 15.4. The van der Waals surface area contributed by atoms with Crippen LogP contribution in [0.2, 0.25) is 0 Å². The van der Waals surface area contributed by atoms with E-state index in [2.05, 4.69) is 17.7 Å². The number of alkyl halides is 3. The van der Waals surface area contributed by atoms with Crippen molar-refractivity contribution in [3.05, 3.63) is 95.8 Å². The molecule has 0 amide bonds. The van der Waals surface area contributed by atoms with Crippen LogP contribution in [0.3, 0.4) is 0 Å². The minimum absolute atomic E-state index is 0.149. The fourth-order valence-electron chi connectivity index (χ4n) is 4.37. The van der Waals surface area contributed by atoms with Crippen molar-refractivity contribution < 1.29 is 22.3 Å². The van der Waals surface area contributed by atoms with Gasteiger partial charge in [0.15, 0.2) is 0 Å². The standard InChI is InChI=1S/C27H24F4O/c1-2-3-14-26(15-13-24(25(28)18-26)19-7-5-4-6-8-19)22-11-9-21-17-23(32-27(29,30)31)12-10-20(21)16-22/h4-13,15-17H,2-3,14,18H2,1H3. The Kier molecular flexibility index (Phi) is 6.09. The van der Waals surface area contributed by atoms with E-state index in [1.165, 1.54) is 12.1 Å². The fourth-order valence-corrected chi connectivity index (χ4v) is 4.37. The molecule has 166 valence electrons. The molecular formula is C27H24F4O. The van der Waals surface area contributed by atoms with E-state index >= 15 is 4.39 Å². The normalized spacial score (nSPS) is 18.9. The van der Waals surface area contributed by atoms with E-state index in [9.17, 15) is 13.2 Å². The summed E-state index contributed by atoms with van der Waals surface area (Å²) in [5.74, 6) is -0.402. The monoisotopic (exact) mass is 440 g/mol. The molecule has 0 saturated heterocycles. The molecule has 4 rings (SSSR count). The first-order chi connectivity index (χ1) is 15.3. The molecule has 1 unspecified atom stereocenters. The Bertz CT molecular complexity index is 1160. The summed E-state index contributed by atoms with van der Waals surface area (Å²) in [6.45, 7) is 2.10. The van der Waals surface area contributed by atoms with Crippen LogP contribution in [0.15, 0.2) is 84.7 Å². The minimum Gasteiger partial charge on any atom is -0.406 e. The van der Waals surface area contributed by atoms with Gasteiger partial charge in [-0.1, -0.05) is 86.5 Å². The summed E-state index contributed by atoms with van der Waals surface area (Å²) in [6.07, 6.45) is 2.20. The quantitative estimate of drug-likeness (QED) is 0.349.